The number of carbonyl (C=O) groups excluding carboxylic acids is 1. The molecule has 12 heavy (non-hydrogen) atoms. The highest BCUT2D eigenvalue weighted by Crippen LogP contribution is 2.23. The van der Waals surface area contributed by atoms with Crippen molar-refractivity contribution in [1.82, 2.24) is 0 Å². The van der Waals surface area contributed by atoms with Gasteiger partial charge in [-0.05, 0) is 31.0 Å². The summed E-state index contributed by atoms with van der Waals surface area (Å²) in [5.41, 5.74) is 0.947. The van der Waals surface area contributed by atoms with Crippen LogP contribution in [0.2, 0.25) is 5.02 Å². The molecule has 0 aliphatic rings. The van der Waals surface area contributed by atoms with Gasteiger partial charge in [-0.3, -0.25) is 4.79 Å². The third-order valence-corrected chi connectivity index (χ3v) is 2.20. The fraction of sp³-hybridized carbons (Fsp3) is 0.222. The van der Waals surface area contributed by atoms with Crippen LogP contribution in [0, 0.1) is 19.7 Å². The fourth-order valence-electron chi connectivity index (χ4n) is 1.01. The smallest absolute Gasteiger partial charge is 0.153 e. The minimum absolute atomic E-state index is 0.0556. The van der Waals surface area contributed by atoms with Gasteiger partial charge in [0.25, 0.3) is 0 Å². The molecule has 64 valence electrons. The molecule has 0 atom stereocenters. The summed E-state index contributed by atoms with van der Waals surface area (Å²) in [4.78, 5) is 10.5. The SMILES string of the molecule is Cc1cc(Cl)c(C)c(C=O)c1F. The van der Waals surface area contributed by atoms with Crippen molar-refractivity contribution >= 4 is 17.9 Å². The van der Waals surface area contributed by atoms with Crippen molar-refractivity contribution in [2.24, 2.45) is 0 Å². The van der Waals surface area contributed by atoms with E-state index in [0.717, 1.165) is 0 Å². The molecule has 1 aromatic rings. The fourth-order valence-corrected chi connectivity index (χ4v) is 1.27. The zero-order valence-electron chi connectivity index (χ0n) is 6.82. The number of aldehydes is 1. The molecule has 0 fully saturated rings. The van der Waals surface area contributed by atoms with E-state index >= 15 is 0 Å². The highest BCUT2D eigenvalue weighted by atomic mass is 35.5. The molecule has 0 saturated heterocycles. The van der Waals surface area contributed by atoms with Crippen LogP contribution >= 0.6 is 11.6 Å². The summed E-state index contributed by atoms with van der Waals surface area (Å²) in [5, 5.41) is 0.427. The number of benzene rings is 1. The predicted octanol–water partition coefficient (Wildman–Crippen LogP) is 2.91. The summed E-state index contributed by atoms with van der Waals surface area (Å²) < 4.78 is 13.2. The van der Waals surface area contributed by atoms with E-state index in [1.54, 1.807) is 13.8 Å². The van der Waals surface area contributed by atoms with Crippen LogP contribution in [0.3, 0.4) is 0 Å². The topological polar surface area (TPSA) is 17.1 Å². The molecule has 0 aliphatic heterocycles. The van der Waals surface area contributed by atoms with Crippen molar-refractivity contribution in [2.75, 3.05) is 0 Å². The maximum absolute atomic E-state index is 13.2. The molecule has 0 amide bonds. The zero-order chi connectivity index (χ0) is 9.30. The average Bonchev–Trinajstić information content (AvgIpc) is 2.02. The molecule has 0 N–H and O–H groups in total. The lowest BCUT2D eigenvalue weighted by Crippen LogP contribution is -1.96. The molecule has 0 aromatic heterocycles. The first kappa shape index (κ1) is 9.20. The minimum Gasteiger partial charge on any atom is -0.298 e. The Kier molecular flexibility index (Phi) is 2.48. The van der Waals surface area contributed by atoms with Gasteiger partial charge in [-0.15, -0.1) is 0 Å². The highest BCUT2D eigenvalue weighted by molar-refractivity contribution is 6.31. The molecular formula is C9H8ClFO. The van der Waals surface area contributed by atoms with Gasteiger partial charge in [0.2, 0.25) is 0 Å². The lowest BCUT2D eigenvalue weighted by Gasteiger charge is -2.05. The molecule has 0 heterocycles. The van der Waals surface area contributed by atoms with Crippen molar-refractivity contribution in [3.63, 3.8) is 0 Å². The van der Waals surface area contributed by atoms with E-state index in [-0.39, 0.29) is 5.56 Å². The second-order valence-corrected chi connectivity index (χ2v) is 3.05. The molecule has 0 bridgehead atoms. The Bertz CT molecular complexity index is 308. The third-order valence-electron chi connectivity index (χ3n) is 1.81. The maximum atomic E-state index is 13.2. The van der Waals surface area contributed by atoms with Gasteiger partial charge in [-0.1, -0.05) is 11.6 Å². The van der Waals surface area contributed by atoms with E-state index in [1.165, 1.54) is 6.07 Å². The summed E-state index contributed by atoms with van der Waals surface area (Å²) in [6, 6.07) is 1.51. The lowest BCUT2D eigenvalue weighted by atomic mass is 10.1. The van der Waals surface area contributed by atoms with Gasteiger partial charge in [0.15, 0.2) is 6.29 Å². The summed E-state index contributed by atoms with van der Waals surface area (Å²) in [6.07, 6.45) is 0.490. The Morgan fingerprint density at radius 2 is 2.08 bits per heavy atom. The number of carbonyl (C=O) groups is 1. The normalized spacial score (nSPS) is 10.0. The number of hydrogen-bond acceptors (Lipinski definition) is 1. The van der Waals surface area contributed by atoms with Gasteiger partial charge >= 0.3 is 0 Å². The molecule has 0 unspecified atom stereocenters. The monoisotopic (exact) mass is 186 g/mol. The summed E-state index contributed by atoms with van der Waals surface area (Å²) in [5.74, 6) is -0.480. The second-order valence-electron chi connectivity index (χ2n) is 2.65. The van der Waals surface area contributed by atoms with E-state index in [1.807, 2.05) is 0 Å². The Morgan fingerprint density at radius 3 is 2.58 bits per heavy atom. The Labute approximate surface area is 75.2 Å². The molecule has 3 heteroatoms. The molecular weight excluding hydrogens is 179 g/mol. The van der Waals surface area contributed by atoms with Crippen molar-refractivity contribution in [3.05, 3.63) is 33.6 Å². The van der Waals surface area contributed by atoms with Gasteiger partial charge in [-0.25, -0.2) is 4.39 Å². The number of hydrogen-bond donors (Lipinski definition) is 0. The molecule has 1 rings (SSSR count). The van der Waals surface area contributed by atoms with Gasteiger partial charge in [0.1, 0.15) is 5.82 Å². The quantitative estimate of drug-likeness (QED) is 0.617. The maximum Gasteiger partial charge on any atom is 0.153 e. The Morgan fingerprint density at radius 1 is 1.50 bits per heavy atom. The van der Waals surface area contributed by atoms with Crippen molar-refractivity contribution in [1.29, 1.82) is 0 Å². The van der Waals surface area contributed by atoms with E-state index in [4.69, 9.17) is 11.6 Å². The Balaban J connectivity index is 3.52. The second kappa shape index (κ2) is 3.23. The van der Waals surface area contributed by atoms with Crippen molar-refractivity contribution in [3.8, 4) is 0 Å². The molecule has 0 radical (unpaired) electrons. The van der Waals surface area contributed by atoms with E-state index in [2.05, 4.69) is 0 Å². The zero-order valence-corrected chi connectivity index (χ0v) is 7.57. The first-order valence-corrected chi connectivity index (χ1v) is 3.86. The number of aryl methyl sites for hydroxylation is 1. The van der Waals surface area contributed by atoms with Crippen LogP contribution < -0.4 is 0 Å². The molecule has 0 spiro atoms. The molecule has 1 nitrogen and oxygen atoms in total. The van der Waals surface area contributed by atoms with E-state index < -0.39 is 5.82 Å². The van der Waals surface area contributed by atoms with Crippen LogP contribution in [-0.2, 0) is 0 Å². The first-order valence-electron chi connectivity index (χ1n) is 3.48. The minimum atomic E-state index is -0.480. The van der Waals surface area contributed by atoms with Gasteiger partial charge < -0.3 is 0 Å². The summed E-state index contributed by atoms with van der Waals surface area (Å²) >= 11 is 5.74. The van der Waals surface area contributed by atoms with E-state index in [0.29, 0.717) is 22.4 Å². The largest absolute Gasteiger partial charge is 0.298 e. The first-order chi connectivity index (χ1) is 5.57. The van der Waals surface area contributed by atoms with Crippen LogP contribution in [0.15, 0.2) is 6.07 Å². The van der Waals surface area contributed by atoms with Crippen LogP contribution in [0.5, 0.6) is 0 Å². The number of halogens is 2. The molecule has 0 saturated carbocycles. The third kappa shape index (κ3) is 1.34. The van der Waals surface area contributed by atoms with Crippen LogP contribution in [0.25, 0.3) is 0 Å². The highest BCUT2D eigenvalue weighted by Gasteiger charge is 2.10. The van der Waals surface area contributed by atoms with Crippen molar-refractivity contribution in [2.45, 2.75) is 13.8 Å². The number of rotatable bonds is 1. The van der Waals surface area contributed by atoms with Crippen LogP contribution in [-0.4, -0.2) is 6.29 Å². The Hall–Kier alpha value is -0.890. The molecule has 0 aliphatic carbocycles. The van der Waals surface area contributed by atoms with Crippen LogP contribution in [0.1, 0.15) is 21.5 Å². The predicted molar refractivity (Wildman–Crippen MR) is 46.3 cm³/mol. The van der Waals surface area contributed by atoms with Crippen LogP contribution in [0.4, 0.5) is 4.39 Å². The van der Waals surface area contributed by atoms with E-state index in [9.17, 15) is 9.18 Å². The van der Waals surface area contributed by atoms with Crippen molar-refractivity contribution < 1.29 is 9.18 Å². The summed E-state index contributed by atoms with van der Waals surface area (Å²) in [7, 11) is 0. The standard InChI is InChI=1S/C9H8ClFO/c1-5-3-8(10)6(2)7(4-12)9(5)11/h3-4H,1-2H3. The molecule has 1 aromatic carbocycles. The summed E-state index contributed by atoms with van der Waals surface area (Å²) in [6.45, 7) is 3.20. The van der Waals surface area contributed by atoms with Gasteiger partial charge in [0.05, 0.1) is 5.56 Å². The van der Waals surface area contributed by atoms with Gasteiger partial charge in [0, 0.05) is 5.02 Å². The average molecular weight is 187 g/mol. The van der Waals surface area contributed by atoms with Gasteiger partial charge in [-0.2, -0.15) is 0 Å². The lowest BCUT2D eigenvalue weighted by molar-refractivity contribution is 0.111.